The lowest BCUT2D eigenvalue weighted by molar-refractivity contribution is 0.0993. The number of anilines is 1. The van der Waals surface area contributed by atoms with Gasteiger partial charge < -0.3 is 9.64 Å². The summed E-state index contributed by atoms with van der Waals surface area (Å²) in [5, 5.41) is 0.400. The van der Waals surface area contributed by atoms with Gasteiger partial charge in [0.2, 0.25) is 0 Å². The molecule has 0 fully saturated rings. The van der Waals surface area contributed by atoms with Gasteiger partial charge in [-0.15, -0.1) is 0 Å². The molecule has 20 heavy (non-hydrogen) atoms. The molecule has 0 aliphatic rings. The fraction of sp³-hybridized carbons (Fsp3) is 0.200. The number of hydrogen-bond donors (Lipinski definition) is 0. The first kappa shape index (κ1) is 14.3. The number of rotatable bonds is 3. The van der Waals surface area contributed by atoms with Crippen molar-refractivity contribution in [3.63, 3.8) is 0 Å². The molecule has 4 nitrogen and oxygen atoms in total. The molecule has 1 aromatic carbocycles. The van der Waals surface area contributed by atoms with Crippen LogP contribution in [-0.4, -0.2) is 25.0 Å². The molecule has 0 radical (unpaired) electrons. The molecule has 1 aromatic heterocycles. The highest BCUT2D eigenvalue weighted by Crippen LogP contribution is 2.23. The molecule has 5 heteroatoms. The van der Waals surface area contributed by atoms with E-state index < -0.39 is 0 Å². The average Bonchev–Trinajstić information content (AvgIpc) is 2.46. The first-order chi connectivity index (χ1) is 9.52. The monoisotopic (exact) mass is 290 g/mol. The summed E-state index contributed by atoms with van der Waals surface area (Å²) in [7, 11) is 3.27. The van der Waals surface area contributed by atoms with Crippen LogP contribution in [0, 0.1) is 6.92 Å². The number of aryl methyl sites for hydroxylation is 1. The lowest BCUT2D eigenvalue weighted by Gasteiger charge is -2.18. The number of methoxy groups -OCH3 is 1. The van der Waals surface area contributed by atoms with Crippen LogP contribution >= 0.6 is 11.6 Å². The fourth-order valence-electron chi connectivity index (χ4n) is 1.80. The molecule has 0 saturated carbocycles. The molecule has 2 rings (SSSR count). The van der Waals surface area contributed by atoms with Crippen molar-refractivity contribution in [1.82, 2.24) is 4.98 Å². The van der Waals surface area contributed by atoms with Crippen molar-refractivity contribution in [2.75, 3.05) is 19.1 Å². The van der Waals surface area contributed by atoms with Gasteiger partial charge in [0.15, 0.2) is 0 Å². The van der Waals surface area contributed by atoms with E-state index in [9.17, 15) is 4.79 Å². The van der Waals surface area contributed by atoms with Crippen LogP contribution in [-0.2, 0) is 0 Å². The van der Waals surface area contributed by atoms with Gasteiger partial charge >= 0.3 is 0 Å². The number of nitrogens with zero attached hydrogens (tertiary/aromatic N) is 2. The highest BCUT2D eigenvalue weighted by molar-refractivity contribution is 6.34. The third-order valence-corrected chi connectivity index (χ3v) is 3.28. The van der Waals surface area contributed by atoms with Gasteiger partial charge in [-0.1, -0.05) is 17.7 Å². The maximum Gasteiger partial charge on any atom is 0.261 e. The summed E-state index contributed by atoms with van der Waals surface area (Å²) in [6.45, 7) is 1.83. The van der Waals surface area contributed by atoms with Gasteiger partial charge in [0.25, 0.3) is 5.91 Å². The minimum absolute atomic E-state index is 0.212. The minimum Gasteiger partial charge on any atom is -0.497 e. The topological polar surface area (TPSA) is 42.4 Å². The lowest BCUT2D eigenvalue weighted by atomic mass is 10.2. The molecular formula is C15H15ClN2O2. The molecule has 0 bridgehead atoms. The van der Waals surface area contributed by atoms with Crippen LogP contribution in [0.5, 0.6) is 5.75 Å². The summed E-state index contributed by atoms with van der Waals surface area (Å²) in [5.41, 5.74) is 1.88. The number of ether oxygens (including phenoxy) is 1. The van der Waals surface area contributed by atoms with E-state index in [2.05, 4.69) is 4.98 Å². The normalized spacial score (nSPS) is 10.2. The second kappa shape index (κ2) is 5.92. The summed E-state index contributed by atoms with van der Waals surface area (Å²) < 4.78 is 5.15. The number of carbonyl (C=O) groups excluding carboxylic acids is 1. The quantitative estimate of drug-likeness (QED) is 0.871. The Morgan fingerprint density at radius 3 is 2.75 bits per heavy atom. The lowest BCUT2D eigenvalue weighted by Crippen LogP contribution is -2.26. The van der Waals surface area contributed by atoms with Crippen molar-refractivity contribution in [2.45, 2.75) is 6.92 Å². The molecule has 0 atom stereocenters. The highest BCUT2D eigenvalue weighted by Gasteiger charge is 2.17. The molecular weight excluding hydrogens is 276 g/mol. The first-order valence-electron chi connectivity index (χ1n) is 6.07. The number of carbonyl (C=O) groups is 1. The van der Waals surface area contributed by atoms with Crippen LogP contribution in [0.3, 0.4) is 0 Å². The number of aromatic nitrogens is 1. The van der Waals surface area contributed by atoms with Crippen LogP contribution in [0.1, 0.15) is 16.1 Å². The third-order valence-electron chi connectivity index (χ3n) is 2.97. The molecule has 1 heterocycles. The molecule has 0 N–H and O–H groups in total. The zero-order valence-electron chi connectivity index (χ0n) is 11.6. The Kier molecular flexibility index (Phi) is 4.25. The standard InChI is InChI=1S/C15H15ClN2O2/c1-10-7-14(16)13(9-17-10)15(19)18(2)11-5-4-6-12(8-11)20-3/h4-9H,1-3H3. The van der Waals surface area contributed by atoms with E-state index in [4.69, 9.17) is 16.3 Å². The Labute approximate surface area is 123 Å². The van der Waals surface area contributed by atoms with Crippen molar-refractivity contribution in [3.05, 3.63) is 52.8 Å². The van der Waals surface area contributed by atoms with E-state index >= 15 is 0 Å². The second-order valence-corrected chi connectivity index (χ2v) is 4.78. The Morgan fingerprint density at radius 1 is 1.35 bits per heavy atom. The summed E-state index contributed by atoms with van der Waals surface area (Å²) in [5.74, 6) is 0.478. The third kappa shape index (κ3) is 2.91. The van der Waals surface area contributed by atoms with Crippen molar-refractivity contribution < 1.29 is 9.53 Å². The van der Waals surface area contributed by atoms with Gasteiger partial charge in [-0.3, -0.25) is 9.78 Å². The highest BCUT2D eigenvalue weighted by atomic mass is 35.5. The minimum atomic E-state index is -0.212. The molecule has 2 aromatic rings. The summed E-state index contributed by atoms with van der Waals surface area (Å²) in [6.07, 6.45) is 1.50. The van der Waals surface area contributed by atoms with Gasteiger partial charge in [-0.2, -0.15) is 0 Å². The summed E-state index contributed by atoms with van der Waals surface area (Å²) in [4.78, 5) is 18.1. The summed E-state index contributed by atoms with van der Waals surface area (Å²) in [6, 6.07) is 8.94. The van der Waals surface area contributed by atoms with E-state index in [1.807, 2.05) is 25.1 Å². The molecule has 1 amide bonds. The molecule has 104 valence electrons. The van der Waals surface area contributed by atoms with Gasteiger partial charge in [0, 0.05) is 30.7 Å². The molecule has 0 spiro atoms. The van der Waals surface area contributed by atoms with Crippen LogP contribution in [0.15, 0.2) is 36.5 Å². The molecule has 0 saturated heterocycles. The van der Waals surface area contributed by atoms with E-state index in [0.717, 1.165) is 11.4 Å². The Morgan fingerprint density at radius 2 is 2.10 bits per heavy atom. The second-order valence-electron chi connectivity index (χ2n) is 4.37. The summed E-state index contributed by atoms with van der Waals surface area (Å²) >= 11 is 6.10. The SMILES string of the molecule is COc1cccc(N(C)C(=O)c2cnc(C)cc2Cl)c1. The molecule has 0 unspecified atom stereocenters. The Bertz CT molecular complexity index is 644. The number of benzene rings is 1. The maximum absolute atomic E-state index is 12.4. The zero-order chi connectivity index (χ0) is 14.7. The number of halogens is 1. The van der Waals surface area contributed by atoms with Crippen molar-refractivity contribution >= 4 is 23.2 Å². The fourth-order valence-corrected chi connectivity index (χ4v) is 2.09. The van der Waals surface area contributed by atoms with Crippen LogP contribution in [0.4, 0.5) is 5.69 Å². The van der Waals surface area contributed by atoms with E-state index in [1.54, 1.807) is 26.3 Å². The Balaban J connectivity index is 2.32. The maximum atomic E-state index is 12.4. The van der Waals surface area contributed by atoms with E-state index in [0.29, 0.717) is 16.3 Å². The van der Waals surface area contributed by atoms with Gasteiger partial charge in [0.05, 0.1) is 17.7 Å². The van der Waals surface area contributed by atoms with Crippen LogP contribution in [0.25, 0.3) is 0 Å². The number of amides is 1. The van der Waals surface area contributed by atoms with Crippen molar-refractivity contribution in [1.29, 1.82) is 0 Å². The average molecular weight is 291 g/mol. The number of hydrogen-bond acceptors (Lipinski definition) is 3. The van der Waals surface area contributed by atoms with E-state index in [-0.39, 0.29) is 5.91 Å². The zero-order valence-corrected chi connectivity index (χ0v) is 12.3. The smallest absolute Gasteiger partial charge is 0.261 e. The van der Waals surface area contributed by atoms with Crippen molar-refractivity contribution in [2.24, 2.45) is 0 Å². The molecule has 0 aliphatic carbocycles. The number of pyridine rings is 1. The largest absolute Gasteiger partial charge is 0.497 e. The van der Waals surface area contributed by atoms with E-state index in [1.165, 1.54) is 11.1 Å². The molecule has 0 aliphatic heterocycles. The first-order valence-corrected chi connectivity index (χ1v) is 6.45. The van der Waals surface area contributed by atoms with Gasteiger partial charge in [0.1, 0.15) is 5.75 Å². The van der Waals surface area contributed by atoms with Crippen molar-refractivity contribution in [3.8, 4) is 5.75 Å². The van der Waals surface area contributed by atoms with Crippen LogP contribution < -0.4 is 9.64 Å². The van der Waals surface area contributed by atoms with Crippen LogP contribution in [0.2, 0.25) is 5.02 Å². The van der Waals surface area contributed by atoms with Gasteiger partial charge in [-0.05, 0) is 25.1 Å². The predicted molar refractivity (Wildman–Crippen MR) is 79.7 cm³/mol. The predicted octanol–water partition coefficient (Wildman–Crippen LogP) is 3.33. The van der Waals surface area contributed by atoms with Gasteiger partial charge in [-0.25, -0.2) is 0 Å². The Hall–Kier alpha value is -2.07.